The number of aromatic nitrogens is 4. The van der Waals surface area contributed by atoms with E-state index in [0.29, 0.717) is 17.4 Å². The molecule has 4 rings (SSSR count). The molecule has 10 nitrogen and oxygen atoms in total. The van der Waals surface area contributed by atoms with Gasteiger partial charge < -0.3 is 10.6 Å². The Morgan fingerprint density at radius 3 is 2.41 bits per heavy atom. The fourth-order valence-corrected chi connectivity index (χ4v) is 3.77. The van der Waals surface area contributed by atoms with Gasteiger partial charge in [-0.1, -0.05) is 42.5 Å². The van der Waals surface area contributed by atoms with Crippen molar-refractivity contribution in [1.82, 2.24) is 29.4 Å². The monoisotopic (exact) mass is 462 g/mol. The highest BCUT2D eigenvalue weighted by molar-refractivity contribution is 5.80. The number of carbonyl (C=O) groups excluding carboxylic acids is 2. The van der Waals surface area contributed by atoms with Crippen molar-refractivity contribution in [2.24, 2.45) is 0 Å². The van der Waals surface area contributed by atoms with Gasteiger partial charge in [-0.3, -0.25) is 19.0 Å². The van der Waals surface area contributed by atoms with E-state index in [0.717, 1.165) is 10.2 Å². The molecule has 10 heteroatoms. The Labute approximate surface area is 194 Å². The topological polar surface area (TPSA) is 120 Å². The summed E-state index contributed by atoms with van der Waals surface area (Å²) in [5, 5.41) is 10.2. The molecule has 0 radical (unpaired) electrons. The molecule has 176 valence electrons. The van der Waals surface area contributed by atoms with Gasteiger partial charge in [-0.2, -0.15) is 0 Å². The Kier molecular flexibility index (Phi) is 6.58. The smallest absolute Gasteiger partial charge is 0.352 e. The van der Waals surface area contributed by atoms with Crippen LogP contribution in [0.25, 0.3) is 16.7 Å². The van der Waals surface area contributed by atoms with Gasteiger partial charge >= 0.3 is 5.69 Å². The number of para-hydroxylation sites is 1. The third-order valence-corrected chi connectivity index (χ3v) is 5.32. The number of nitrogens with zero attached hydrogens (tertiary/aromatic N) is 4. The fourth-order valence-electron chi connectivity index (χ4n) is 3.77. The number of fused-ring (bicyclic) bond motifs is 3. The van der Waals surface area contributed by atoms with Crippen LogP contribution in [0.1, 0.15) is 25.8 Å². The van der Waals surface area contributed by atoms with Crippen molar-refractivity contribution < 1.29 is 9.59 Å². The van der Waals surface area contributed by atoms with Crippen LogP contribution >= 0.6 is 0 Å². The van der Waals surface area contributed by atoms with E-state index in [-0.39, 0.29) is 48.7 Å². The summed E-state index contributed by atoms with van der Waals surface area (Å²) in [6, 6.07) is 16.1. The predicted molar refractivity (Wildman–Crippen MR) is 127 cm³/mol. The van der Waals surface area contributed by atoms with Gasteiger partial charge in [-0.05, 0) is 31.5 Å². The second-order valence-electron chi connectivity index (χ2n) is 8.28. The molecule has 2 aromatic carbocycles. The lowest BCUT2D eigenvalue weighted by molar-refractivity contribution is -0.122. The Morgan fingerprint density at radius 2 is 1.68 bits per heavy atom. The predicted octanol–water partition coefficient (Wildman–Crippen LogP) is 1.04. The van der Waals surface area contributed by atoms with Gasteiger partial charge in [0.05, 0.1) is 10.9 Å². The number of carbonyl (C=O) groups is 2. The molecule has 0 saturated carbocycles. The molecule has 0 spiro atoms. The SMILES string of the molecule is CC(C)NC(=O)CCn1c(=O)c2ccccc2n2c(=O)n(CC(=O)NCc3ccccc3)nc12. The van der Waals surface area contributed by atoms with Gasteiger partial charge in [0.25, 0.3) is 5.56 Å². The Bertz CT molecular complexity index is 1470. The second-order valence-corrected chi connectivity index (χ2v) is 8.28. The molecule has 2 amide bonds. The molecule has 0 bridgehead atoms. The van der Waals surface area contributed by atoms with E-state index in [1.807, 2.05) is 44.2 Å². The molecule has 4 aromatic rings. The summed E-state index contributed by atoms with van der Waals surface area (Å²) in [6.45, 7) is 3.76. The highest BCUT2D eigenvalue weighted by Crippen LogP contribution is 2.11. The summed E-state index contributed by atoms with van der Waals surface area (Å²) in [5.41, 5.74) is 0.427. The van der Waals surface area contributed by atoms with Gasteiger partial charge in [-0.15, -0.1) is 5.10 Å². The maximum Gasteiger partial charge on any atom is 0.352 e. The van der Waals surface area contributed by atoms with Gasteiger partial charge in [0.2, 0.25) is 17.6 Å². The number of hydrogen-bond donors (Lipinski definition) is 2. The normalized spacial score (nSPS) is 11.3. The minimum Gasteiger partial charge on any atom is -0.354 e. The number of hydrogen-bond acceptors (Lipinski definition) is 5. The molecule has 2 aromatic heterocycles. The van der Waals surface area contributed by atoms with Crippen molar-refractivity contribution in [3.8, 4) is 0 Å². The number of amides is 2. The molecule has 0 atom stereocenters. The molecule has 2 N–H and O–H groups in total. The van der Waals surface area contributed by atoms with Crippen LogP contribution in [-0.2, 0) is 29.2 Å². The molecule has 0 fully saturated rings. The van der Waals surface area contributed by atoms with Crippen LogP contribution in [0.2, 0.25) is 0 Å². The molecule has 0 aliphatic heterocycles. The van der Waals surface area contributed by atoms with Gasteiger partial charge in [0.1, 0.15) is 6.54 Å². The van der Waals surface area contributed by atoms with Crippen molar-refractivity contribution >= 4 is 28.5 Å². The van der Waals surface area contributed by atoms with Crippen molar-refractivity contribution in [3.63, 3.8) is 0 Å². The minimum atomic E-state index is -0.540. The molecule has 0 saturated heterocycles. The maximum absolute atomic E-state index is 13.2. The highest BCUT2D eigenvalue weighted by atomic mass is 16.2. The quantitative estimate of drug-likeness (QED) is 0.406. The molecule has 0 aliphatic carbocycles. The Balaban J connectivity index is 1.68. The second kappa shape index (κ2) is 9.74. The standard InChI is InChI=1S/C24H26N6O4/c1-16(2)26-20(31)12-13-28-22(33)18-10-6-7-11-19(18)30-23(28)27-29(24(30)34)15-21(32)25-14-17-8-4-3-5-9-17/h3-11,16H,12-15H2,1-2H3,(H,25,32)(H,26,31). The van der Waals surface area contributed by atoms with E-state index < -0.39 is 5.69 Å². The first-order valence-electron chi connectivity index (χ1n) is 11.1. The third kappa shape index (κ3) is 4.75. The van der Waals surface area contributed by atoms with Crippen molar-refractivity contribution in [3.05, 3.63) is 81.0 Å². The van der Waals surface area contributed by atoms with Crippen molar-refractivity contribution in [2.45, 2.75) is 45.9 Å². The summed E-state index contributed by atoms with van der Waals surface area (Å²) < 4.78 is 3.65. The zero-order chi connectivity index (χ0) is 24.2. The van der Waals surface area contributed by atoms with E-state index in [1.165, 1.54) is 8.97 Å². The van der Waals surface area contributed by atoms with Crippen LogP contribution in [0.5, 0.6) is 0 Å². The third-order valence-electron chi connectivity index (χ3n) is 5.32. The summed E-state index contributed by atoms with van der Waals surface area (Å²) in [5.74, 6) is -0.513. The molecule has 2 heterocycles. The van der Waals surface area contributed by atoms with E-state index in [2.05, 4.69) is 15.7 Å². The van der Waals surface area contributed by atoms with Crippen molar-refractivity contribution in [1.29, 1.82) is 0 Å². The first kappa shape index (κ1) is 23.0. The lowest BCUT2D eigenvalue weighted by Crippen LogP contribution is -2.33. The zero-order valence-electron chi connectivity index (χ0n) is 19.0. The Hall–Kier alpha value is -4.21. The average molecular weight is 463 g/mol. The largest absolute Gasteiger partial charge is 0.354 e. The van der Waals surface area contributed by atoms with Crippen LogP contribution in [-0.4, -0.2) is 36.6 Å². The number of nitrogens with one attached hydrogen (secondary N) is 2. The molecular weight excluding hydrogens is 436 g/mol. The fraction of sp³-hybridized carbons (Fsp3) is 0.292. The minimum absolute atomic E-state index is 0.0305. The zero-order valence-corrected chi connectivity index (χ0v) is 19.0. The van der Waals surface area contributed by atoms with E-state index in [4.69, 9.17) is 0 Å². The van der Waals surface area contributed by atoms with E-state index in [9.17, 15) is 19.2 Å². The van der Waals surface area contributed by atoms with Crippen LogP contribution < -0.4 is 21.9 Å². The van der Waals surface area contributed by atoms with E-state index >= 15 is 0 Å². The number of aryl methyl sites for hydroxylation is 1. The number of benzene rings is 2. The van der Waals surface area contributed by atoms with Gasteiger partial charge in [0.15, 0.2) is 0 Å². The van der Waals surface area contributed by atoms with Crippen LogP contribution in [0, 0.1) is 0 Å². The summed E-state index contributed by atoms with van der Waals surface area (Å²) >= 11 is 0. The lowest BCUT2D eigenvalue weighted by atomic mass is 10.2. The summed E-state index contributed by atoms with van der Waals surface area (Å²) in [6.07, 6.45) is 0.0463. The van der Waals surface area contributed by atoms with Crippen LogP contribution in [0.3, 0.4) is 0 Å². The lowest BCUT2D eigenvalue weighted by Gasteiger charge is -2.11. The molecule has 0 aliphatic rings. The summed E-state index contributed by atoms with van der Waals surface area (Å²) in [4.78, 5) is 51.0. The highest BCUT2D eigenvalue weighted by Gasteiger charge is 2.19. The number of rotatable bonds is 8. The van der Waals surface area contributed by atoms with Crippen molar-refractivity contribution in [2.75, 3.05) is 0 Å². The molecular formula is C24H26N6O4. The van der Waals surface area contributed by atoms with Crippen LogP contribution in [0.4, 0.5) is 0 Å². The average Bonchev–Trinajstić information content (AvgIpc) is 3.13. The molecule has 0 unspecified atom stereocenters. The summed E-state index contributed by atoms with van der Waals surface area (Å²) in [7, 11) is 0. The van der Waals surface area contributed by atoms with E-state index in [1.54, 1.807) is 24.3 Å². The first-order chi connectivity index (χ1) is 16.3. The van der Waals surface area contributed by atoms with Crippen LogP contribution in [0.15, 0.2) is 64.2 Å². The Morgan fingerprint density at radius 1 is 0.971 bits per heavy atom. The first-order valence-corrected chi connectivity index (χ1v) is 11.1. The maximum atomic E-state index is 13.2. The van der Waals surface area contributed by atoms with Gasteiger partial charge in [-0.25, -0.2) is 13.9 Å². The van der Waals surface area contributed by atoms with Gasteiger partial charge in [0, 0.05) is 25.6 Å². The molecule has 34 heavy (non-hydrogen) atoms.